The molecule has 2 N–H and O–H groups in total. The zero-order chi connectivity index (χ0) is 27.1. The maximum Gasteiger partial charge on any atom is 0.573 e. The van der Waals surface area contributed by atoms with Crippen molar-refractivity contribution in [2.24, 2.45) is 11.8 Å². The molecular formula is C28H33F3N2O4S. The average Bonchev–Trinajstić information content (AvgIpc) is 2.90. The maximum atomic E-state index is 12.5. The highest BCUT2D eigenvalue weighted by molar-refractivity contribution is 7.99. The molecule has 0 saturated carbocycles. The molecule has 3 aromatic rings. The smallest absolute Gasteiger partial charge is 0.497 e. The molecule has 0 amide bonds. The number of benzene rings is 2. The van der Waals surface area contributed by atoms with Gasteiger partial charge in [0.25, 0.3) is 0 Å². The summed E-state index contributed by atoms with van der Waals surface area (Å²) in [6.45, 7) is 2.48. The third-order valence-corrected chi connectivity index (χ3v) is 8.05. The predicted octanol–water partition coefficient (Wildman–Crippen LogP) is 5.68. The van der Waals surface area contributed by atoms with Crippen LogP contribution in [0.5, 0.6) is 11.5 Å². The van der Waals surface area contributed by atoms with E-state index in [4.69, 9.17) is 4.74 Å². The molecule has 1 aromatic heterocycles. The Labute approximate surface area is 224 Å². The Balaban J connectivity index is 1.27. The number of aliphatic hydroxyl groups is 2. The van der Waals surface area contributed by atoms with E-state index in [0.717, 1.165) is 59.6 Å². The number of likely N-dealkylation sites (tertiary alicyclic amines) is 1. The van der Waals surface area contributed by atoms with Gasteiger partial charge in [-0.15, -0.1) is 24.9 Å². The van der Waals surface area contributed by atoms with Crippen LogP contribution >= 0.6 is 11.8 Å². The minimum atomic E-state index is -4.71. The van der Waals surface area contributed by atoms with Crippen molar-refractivity contribution in [1.29, 1.82) is 0 Å². The second kappa shape index (κ2) is 13.0. The van der Waals surface area contributed by atoms with Gasteiger partial charge in [0.15, 0.2) is 0 Å². The van der Waals surface area contributed by atoms with Crippen LogP contribution in [0.15, 0.2) is 59.6 Å². The molecule has 2 heterocycles. The number of rotatable bonds is 11. The Bertz CT molecular complexity index is 1200. The number of fused-ring (bicyclic) bond motifs is 1. The number of piperidine rings is 1. The molecule has 38 heavy (non-hydrogen) atoms. The molecule has 4 rings (SSSR count). The van der Waals surface area contributed by atoms with Crippen molar-refractivity contribution in [3.05, 3.63) is 60.3 Å². The first-order valence-corrected chi connectivity index (χ1v) is 13.7. The zero-order valence-electron chi connectivity index (χ0n) is 21.2. The van der Waals surface area contributed by atoms with E-state index in [1.54, 1.807) is 25.4 Å². The molecule has 10 heteroatoms. The molecule has 0 unspecified atom stereocenters. The van der Waals surface area contributed by atoms with E-state index < -0.39 is 12.5 Å². The fourth-order valence-electron chi connectivity index (χ4n) is 5.09. The number of nitrogens with zero attached hydrogens (tertiary/aromatic N) is 2. The summed E-state index contributed by atoms with van der Waals surface area (Å²) in [6.07, 6.45) is -1.33. The van der Waals surface area contributed by atoms with E-state index in [1.807, 2.05) is 24.3 Å². The molecule has 6 nitrogen and oxygen atoms in total. The van der Waals surface area contributed by atoms with Crippen LogP contribution in [0.25, 0.3) is 10.9 Å². The molecule has 1 fully saturated rings. The lowest BCUT2D eigenvalue weighted by Gasteiger charge is -2.38. The van der Waals surface area contributed by atoms with Crippen LogP contribution in [0.1, 0.15) is 30.9 Å². The first-order chi connectivity index (χ1) is 18.3. The van der Waals surface area contributed by atoms with Crippen LogP contribution in [0.4, 0.5) is 13.2 Å². The number of aromatic nitrogens is 1. The van der Waals surface area contributed by atoms with E-state index in [0.29, 0.717) is 18.1 Å². The fraction of sp³-hybridized carbons (Fsp3) is 0.464. The van der Waals surface area contributed by atoms with Crippen molar-refractivity contribution < 1.29 is 32.9 Å². The molecule has 206 valence electrons. The Morgan fingerprint density at radius 2 is 1.97 bits per heavy atom. The third kappa shape index (κ3) is 7.75. The second-order valence-electron chi connectivity index (χ2n) is 9.54. The van der Waals surface area contributed by atoms with Gasteiger partial charge in [0.1, 0.15) is 11.5 Å². The number of hydrogen-bond donors (Lipinski definition) is 2. The summed E-state index contributed by atoms with van der Waals surface area (Å²) >= 11 is 1.48. The van der Waals surface area contributed by atoms with Crippen LogP contribution in [-0.4, -0.2) is 65.6 Å². The fourth-order valence-corrected chi connectivity index (χ4v) is 6.05. The number of methoxy groups -OCH3 is 1. The highest BCUT2D eigenvalue weighted by Gasteiger charge is 2.31. The summed E-state index contributed by atoms with van der Waals surface area (Å²) in [6, 6.07) is 13.5. The number of ether oxygens (including phenoxy) is 2. The van der Waals surface area contributed by atoms with Crippen molar-refractivity contribution in [3.63, 3.8) is 0 Å². The summed E-state index contributed by atoms with van der Waals surface area (Å²) in [5.41, 5.74) is 1.63. The first-order valence-electron chi connectivity index (χ1n) is 12.7. The Kier molecular flexibility index (Phi) is 9.75. The van der Waals surface area contributed by atoms with Gasteiger partial charge >= 0.3 is 6.36 Å². The number of alkyl halides is 3. The van der Waals surface area contributed by atoms with Crippen molar-refractivity contribution in [2.75, 3.05) is 39.1 Å². The molecule has 0 radical (unpaired) electrons. The van der Waals surface area contributed by atoms with Gasteiger partial charge < -0.3 is 24.6 Å². The van der Waals surface area contributed by atoms with Gasteiger partial charge in [0, 0.05) is 41.9 Å². The SMILES string of the molecule is COc1ccc2nccc([C@@H](O)CC[C@@H]3CCN(CCSc4cccc(OC(F)(F)F)c4)C[C@@H]3CO)c2c1. The van der Waals surface area contributed by atoms with E-state index in [-0.39, 0.29) is 18.3 Å². The van der Waals surface area contributed by atoms with Crippen LogP contribution in [0, 0.1) is 11.8 Å². The van der Waals surface area contributed by atoms with Crippen molar-refractivity contribution in [3.8, 4) is 11.5 Å². The molecule has 0 spiro atoms. The minimum absolute atomic E-state index is 0.0800. The van der Waals surface area contributed by atoms with Gasteiger partial charge in [0.2, 0.25) is 0 Å². The van der Waals surface area contributed by atoms with Crippen LogP contribution < -0.4 is 9.47 Å². The lowest BCUT2D eigenvalue weighted by molar-refractivity contribution is -0.274. The second-order valence-corrected chi connectivity index (χ2v) is 10.7. The normalized spacial score (nSPS) is 19.4. The van der Waals surface area contributed by atoms with E-state index in [9.17, 15) is 23.4 Å². The number of hydrogen-bond acceptors (Lipinski definition) is 7. The topological polar surface area (TPSA) is 75.1 Å². The molecule has 2 aromatic carbocycles. The van der Waals surface area contributed by atoms with Crippen molar-refractivity contribution in [1.82, 2.24) is 9.88 Å². The number of thioether (sulfide) groups is 1. The maximum absolute atomic E-state index is 12.5. The highest BCUT2D eigenvalue weighted by Crippen LogP contribution is 2.34. The van der Waals surface area contributed by atoms with Gasteiger partial charge in [-0.3, -0.25) is 4.98 Å². The quantitative estimate of drug-likeness (QED) is 0.298. The molecule has 1 saturated heterocycles. The number of halogens is 3. The lowest BCUT2D eigenvalue weighted by atomic mass is 9.81. The molecule has 0 aliphatic carbocycles. The molecular weight excluding hydrogens is 517 g/mol. The summed E-state index contributed by atoms with van der Waals surface area (Å²) in [4.78, 5) is 7.40. The van der Waals surface area contributed by atoms with E-state index in [1.165, 1.54) is 23.9 Å². The third-order valence-electron chi connectivity index (χ3n) is 7.08. The van der Waals surface area contributed by atoms with E-state index in [2.05, 4.69) is 14.6 Å². The highest BCUT2D eigenvalue weighted by atomic mass is 32.2. The van der Waals surface area contributed by atoms with Gasteiger partial charge in [0.05, 0.1) is 18.7 Å². The Morgan fingerprint density at radius 1 is 1.13 bits per heavy atom. The monoisotopic (exact) mass is 550 g/mol. The van der Waals surface area contributed by atoms with E-state index >= 15 is 0 Å². The summed E-state index contributed by atoms with van der Waals surface area (Å²) < 4.78 is 46.7. The van der Waals surface area contributed by atoms with Gasteiger partial charge in [-0.25, -0.2) is 0 Å². The number of aliphatic hydroxyl groups excluding tert-OH is 2. The van der Waals surface area contributed by atoms with Crippen LogP contribution in [0.3, 0.4) is 0 Å². The number of pyridine rings is 1. The standard InChI is InChI=1S/C28H33F3N2O4S/c1-36-21-6-7-26-25(16-21)24(9-11-32-26)27(35)8-5-19-10-12-33(17-20(19)18-34)13-14-38-23-4-2-3-22(15-23)37-28(29,30)31/h2-4,6-7,9,11,15-16,19-20,27,34-35H,5,8,10,12-14,17-18H2,1H3/t19-,20-,27+/m1/s1. The lowest BCUT2D eigenvalue weighted by Crippen LogP contribution is -2.43. The summed E-state index contributed by atoms with van der Waals surface area (Å²) in [7, 11) is 1.61. The van der Waals surface area contributed by atoms with Crippen molar-refractivity contribution in [2.45, 2.75) is 36.6 Å². The van der Waals surface area contributed by atoms with Crippen LogP contribution in [-0.2, 0) is 0 Å². The Hall–Kier alpha value is -2.53. The molecule has 1 aliphatic heterocycles. The minimum Gasteiger partial charge on any atom is -0.497 e. The average molecular weight is 551 g/mol. The Morgan fingerprint density at radius 3 is 2.74 bits per heavy atom. The first kappa shape index (κ1) is 28.5. The summed E-state index contributed by atoms with van der Waals surface area (Å²) in [5, 5.41) is 22.0. The predicted molar refractivity (Wildman–Crippen MR) is 141 cm³/mol. The molecule has 1 aliphatic rings. The van der Waals surface area contributed by atoms with Gasteiger partial charge in [-0.05, 0) is 85.7 Å². The summed E-state index contributed by atoms with van der Waals surface area (Å²) in [5.74, 6) is 1.63. The van der Waals surface area contributed by atoms with Crippen molar-refractivity contribution >= 4 is 22.7 Å². The molecule has 3 atom stereocenters. The molecule has 0 bridgehead atoms. The van der Waals surface area contributed by atoms with Gasteiger partial charge in [-0.2, -0.15) is 0 Å². The zero-order valence-corrected chi connectivity index (χ0v) is 22.0. The van der Waals surface area contributed by atoms with Crippen LogP contribution in [0.2, 0.25) is 0 Å². The largest absolute Gasteiger partial charge is 0.573 e. The van der Waals surface area contributed by atoms with Gasteiger partial charge in [-0.1, -0.05) is 6.07 Å².